The van der Waals surface area contributed by atoms with Gasteiger partial charge in [0.1, 0.15) is 24.0 Å². The first-order valence-electron chi connectivity index (χ1n) is 26.9. The molecule has 0 aliphatic heterocycles. The van der Waals surface area contributed by atoms with E-state index >= 15 is 0 Å². The molecule has 0 spiro atoms. The molecule has 0 amide bonds. The predicted molar refractivity (Wildman–Crippen MR) is 320 cm³/mol. The quantitative estimate of drug-likeness (QED) is 0.0399. The highest BCUT2D eigenvalue weighted by Crippen LogP contribution is 2.55. The van der Waals surface area contributed by atoms with Crippen LogP contribution in [0.3, 0.4) is 0 Å². The van der Waals surface area contributed by atoms with Gasteiger partial charge in [-0.1, -0.05) is 150 Å². The number of aromatic hydroxyl groups is 1. The smallest absolute Gasteiger partial charge is 0.156 e. The Kier molecular flexibility index (Phi) is 32.5. The number of rotatable bonds is 19. The van der Waals surface area contributed by atoms with Gasteiger partial charge in [-0.05, 0) is 180 Å². The number of benzene rings is 3. The Labute approximate surface area is 467 Å². The highest BCUT2D eigenvalue weighted by Gasteiger charge is 2.45. The lowest BCUT2D eigenvalue weighted by molar-refractivity contribution is -0.117. The second kappa shape index (κ2) is 36.6. The van der Waals surface area contributed by atoms with Gasteiger partial charge in [-0.2, -0.15) is 0 Å². The van der Waals surface area contributed by atoms with Crippen molar-refractivity contribution in [1.82, 2.24) is 0 Å². The number of allylic oxidation sites excluding steroid dienone is 7. The number of phenolic OH excluding ortho intramolecular Hbond substituents is 1. The zero-order chi connectivity index (χ0) is 54.9. The van der Waals surface area contributed by atoms with Crippen LogP contribution < -0.4 is 9.47 Å². The maximum Gasteiger partial charge on any atom is 0.156 e. The van der Waals surface area contributed by atoms with Crippen molar-refractivity contribution in [2.45, 2.75) is 162 Å². The summed E-state index contributed by atoms with van der Waals surface area (Å²) in [6.07, 6.45) is 37.8. The lowest BCUT2D eigenvalue weighted by Gasteiger charge is -2.45. The van der Waals surface area contributed by atoms with Gasteiger partial charge in [0, 0.05) is 40.2 Å². The summed E-state index contributed by atoms with van der Waals surface area (Å²) in [5.74, 6) is 3.64. The van der Waals surface area contributed by atoms with Gasteiger partial charge in [-0.3, -0.25) is 14.4 Å². The summed E-state index contributed by atoms with van der Waals surface area (Å²) in [5, 5.41) is 19.3. The molecule has 1 unspecified atom stereocenters. The van der Waals surface area contributed by atoms with Crippen LogP contribution in [0, 0.1) is 20.3 Å². The van der Waals surface area contributed by atoms with Gasteiger partial charge in [0.2, 0.25) is 0 Å². The largest absolute Gasteiger partial charge is 0.508 e. The molecule has 8 nitrogen and oxygen atoms in total. The van der Waals surface area contributed by atoms with Crippen LogP contribution in [-0.4, -0.2) is 60.5 Å². The molecular weight excluding hydrogens is 1100 g/mol. The summed E-state index contributed by atoms with van der Waals surface area (Å²) in [5.41, 5.74) is 6.64. The van der Waals surface area contributed by atoms with Crippen molar-refractivity contribution in [2.75, 3.05) is 26.2 Å². The molecule has 406 valence electrons. The van der Waals surface area contributed by atoms with Gasteiger partial charge in [0.15, 0.2) is 17.3 Å². The van der Waals surface area contributed by atoms with Crippen molar-refractivity contribution >= 4 is 68.7 Å². The van der Waals surface area contributed by atoms with Crippen LogP contribution >= 0.6 is 38.5 Å². The van der Waals surface area contributed by atoms with Crippen LogP contribution in [0.15, 0.2) is 110 Å². The average Bonchev–Trinajstić information content (AvgIpc) is 3.42. The fraction of sp³-hybridized carbons (Fsp3) is 0.500. The van der Waals surface area contributed by atoms with E-state index in [4.69, 9.17) is 19.4 Å². The molecule has 74 heavy (non-hydrogen) atoms. The minimum absolute atomic E-state index is 0.0524. The number of carbonyl (C=O) groups is 4. The van der Waals surface area contributed by atoms with Gasteiger partial charge in [0.05, 0.1) is 14.2 Å². The van der Waals surface area contributed by atoms with Crippen molar-refractivity contribution < 1.29 is 38.9 Å². The first-order valence-corrected chi connectivity index (χ1v) is 29.1. The van der Waals surface area contributed by atoms with E-state index < -0.39 is 0 Å². The maximum absolute atomic E-state index is 12.0. The van der Waals surface area contributed by atoms with Crippen LogP contribution in [0.4, 0.5) is 0 Å². The average molecular weight is 1190 g/mol. The summed E-state index contributed by atoms with van der Waals surface area (Å²) in [6.45, 7) is 16.2. The summed E-state index contributed by atoms with van der Waals surface area (Å²) < 4.78 is 11.5. The molecule has 0 bridgehead atoms. The number of phenols is 1. The summed E-state index contributed by atoms with van der Waals surface area (Å²) in [7, 11) is 3.35. The summed E-state index contributed by atoms with van der Waals surface area (Å²) >= 11 is 5.53. The van der Waals surface area contributed by atoms with Gasteiger partial charge in [-0.25, -0.2) is 0 Å². The number of aryl methyl sites for hydroxylation is 2. The SMILES string of the molecule is C=CC(CO)CCCC.C=O.CCCC/C=C/CBr.CCCC[C@]12C=CC(=O)C[C@@H]1c1ccc(O)cc1CC2.CCCC[C@]12C=CC(=O)C[C@@H]1c1ccc(OC)cc1CC2.COc1ccc(/C=C/C(C)=O)c(I)c1. The second-order valence-corrected chi connectivity index (χ2v) is 21.5. The number of unbranched alkanes of at least 4 members (excludes halogenated alkanes) is 5. The van der Waals surface area contributed by atoms with Crippen LogP contribution in [-0.2, 0) is 32.0 Å². The Morgan fingerprint density at radius 3 is 1.76 bits per heavy atom. The minimum atomic E-state index is 0.0524. The predicted octanol–water partition coefficient (Wildman–Crippen LogP) is 16.4. The van der Waals surface area contributed by atoms with E-state index in [0.29, 0.717) is 36.3 Å². The van der Waals surface area contributed by atoms with Crippen molar-refractivity contribution in [2.24, 2.45) is 16.7 Å². The molecule has 5 atom stereocenters. The minimum Gasteiger partial charge on any atom is -0.508 e. The molecule has 4 aliphatic carbocycles. The molecule has 10 heteroatoms. The molecule has 0 saturated heterocycles. The number of hydrogen-bond acceptors (Lipinski definition) is 8. The number of carbonyl (C=O) groups excluding carboxylic acids is 4. The van der Waals surface area contributed by atoms with E-state index in [2.05, 4.69) is 109 Å². The molecule has 2 N–H and O–H groups in total. The molecule has 3 aromatic carbocycles. The monoisotopic (exact) mass is 1190 g/mol. The molecular formula is C64H88BrIO8. The number of halogens is 2. The molecule has 0 heterocycles. The molecule has 0 saturated carbocycles. The maximum atomic E-state index is 12.0. The molecule has 0 aromatic heterocycles. The number of aliphatic hydroxyl groups excluding tert-OH is 1. The number of methoxy groups -OCH3 is 2. The fourth-order valence-electron chi connectivity index (χ4n) is 10.2. The Bertz CT molecular complexity index is 2300. The Morgan fingerprint density at radius 2 is 1.28 bits per heavy atom. The topological polar surface area (TPSA) is 127 Å². The molecule has 0 fully saturated rings. The standard InChI is InChI=1S/C19H24O2.C18H22O2.C11H11IO2.C8H16O.C7H13Br.CH2O/c1-3-4-9-19-10-7-14-12-16(21-2)5-6-17(14)18(19)13-15(20)8-11-19;1-2-3-8-18-9-6-13-11-14(19)4-5-16(13)17(18)12-15(20)7-10-18;1-8(13)3-4-9-5-6-10(14-2)7-11(9)12;1-3-5-6-8(4-2)7-9;1-2-3-4-5-6-7-8;1-2/h5-6,8,11-12,18H,3-4,7,9-10,13H2,1-2H3;4-5,7,10-11,17,19H,2-3,6,8-9,12H2,1H3;3-7H,1-2H3;4,8-9H,2-3,5-7H2,1H3;5-6H,2-4,7H2,1H3;1H2/b;;4-3+;;6-5+;/t18-,19+;17-,18+;;;;/m11..../s1. The Balaban J connectivity index is 0.000000329. The third kappa shape index (κ3) is 21.3. The molecule has 4 aliphatic rings. The number of alkyl halides is 1. The summed E-state index contributed by atoms with van der Waals surface area (Å²) in [4.78, 5) is 42.6. The van der Waals surface area contributed by atoms with E-state index in [1.54, 1.807) is 32.4 Å². The van der Waals surface area contributed by atoms with Crippen molar-refractivity contribution in [3.8, 4) is 17.2 Å². The second-order valence-electron chi connectivity index (χ2n) is 19.7. The Hall–Kier alpha value is -4.39. The number of ketones is 3. The van der Waals surface area contributed by atoms with E-state index in [1.165, 1.54) is 93.4 Å². The number of hydrogen-bond donors (Lipinski definition) is 2. The van der Waals surface area contributed by atoms with E-state index in [1.807, 2.05) is 61.4 Å². The first-order chi connectivity index (χ1) is 35.7. The zero-order valence-electron chi connectivity index (χ0n) is 45.8. The van der Waals surface area contributed by atoms with Crippen LogP contribution in [0.5, 0.6) is 17.2 Å². The lowest BCUT2D eigenvalue weighted by atomic mass is 9.58. The zero-order valence-corrected chi connectivity index (χ0v) is 49.5. The number of fused-ring (bicyclic) bond motifs is 6. The van der Waals surface area contributed by atoms with Gasteiger partial charge in [0.25, 0.3) is 0 Å². The van der Waals surface area contributed by atoms with Crippen molar-refractivity contribution in [3.05, 3.63) is 141 Å². The number of ether oxygens (including phenoxy) is 2. The van der Waals surface area contributed by atoms with E-state index in [0.717, 1.165) is 64.5 Å². The molecule has 3 aromatic rings. The Morgan fingerprint density at radius 1 is 0.770 bits per heavy atom. The lowest BCUT2D eigenvalue weighted by Crippen LogP contribution is -2.36. The van der Waals surface area contributed by atoms with E-state index in [9.17, 15) is 19.5 Å². The van der Waals surface area contributed by atoms with Gasteiger partial charge < -0.3 is 24.5 Å². The highest BCUT2D eigenvalue weighted by atomic mass is 127. The summed E-state index contributed by atoms with van der Waals surface area (Å²) in [6, 6.07) is 17.8. The van der Waals surface area contributed by atoms with Gasteiger partial charge in [-0.15, -0.1) is 6.58 Å². The highest BCUT2D eigenvalue weighted by molar-refractivity contribution is 14.1. The van der Waals surface area contributed by atoms with Crippen molar-refractivity contribution in [1.29, 1.82) is 0 Å². The van der Waals surface area contributed by atoms with Crippen LogP contribution in [0.2, 0.25) is 0 Å². The van der Waals surface area contributed by atoms with Crippen molar-refractivity contribution in [3.63, 3.8) is 0 Å². The first kappa shape index (κ1) is 65.7. The molecule has 7 rings (SSSR count). The number of aliphatic hydroxyl groups is 1. The third-order valence-electron chi connectivity index (χ3n) is 14.5. The normalized spacial score (nSPS) is 20.1. The van der Waals surface area contributed by atoms with E-state index in [-0.39, 0.29) is 34.8 Å². The van der Waals surface area contributed by atoms with Crippen LogP contribution in [0.25, 0.3) is 6.08 Å². The third-order valence-corrected chi connectivity index (χ3v) is 15.8. The van der Waals surface area contributed by atoms with Gasteiger partial charge >= 0.3 is 0 Å². The van der Waals surface area contributed by atoms with Crippen LogP contribution in [0.1, 0.15) is 177 Å². The fourth-order valence-corrected chi connectivity index (χ4v) is 11.1. The molecule has 0 radical (unpaired) electrons.